The Bertz CT molecular complexity index is 1060. The lowest BCUT2D eigenvalue weighted by Gasteiger charge is -2.12. The van der Waals surface area contributed by atoms with Gasteiger partial charge in [0.15, 0.2) is 12.4 Å². The topological polar surface area (TPSA) is 135 Å². The minimum Gasteiger partial charge on any atom is -0.459 e. The number of benzene rings is 1. The molecule has 0 fully saturated rings. The average Bonchev–Trinajstić information content (AvgIpc) is 3.34. The molecule has 0 saturated heterocycles. The summed E-state index contributed by atoms with van der Waals surface area (Å²) in [5.74, 6) is -2.04. The van der Waals surface area contributed by atoms with Crippen molar-refractivity contribution in [3.05, 3.63) is 54.2 Å². The standard InChI is InChI=1S/C19H15N3O6/c1-11(21-18(24)14-7-4-8-26-14)19(25)27-10-16(23)22-17-12-5-2-3-6-13(12)28-15(17)9-20/h2-8,11H,10H2,1H3,(H,21,24)(H,22,23). The maximum Gasteiger partial charge on any atom is 0.328 e. The van der Waals surface area contributed by atoms with Crippen molar-refractivity contribution in [2.45, 2.75) is 13.0 Å². The Labute approximate surface area is 158 Å². The first-order valence-corrected chi connectivity index (χ1v) is 8.22. The van der Waals surface area contributed by atoms with E-state index in [-0.39, 0.29) is 17.2 Å². The third-order valence-electron chi connectivity index (χ3n) is 3.75. The van der Waals surface area contributed by atoms with Gasteiger partial charge in [0.25, 0.3) is 11.8 Å². The Hall–Kier alpha value is -4.06. The zero-order chi connectivity index (χ0) is 20.1. The second kappa shape index (κ2) is 8.09. The van der Waals surface area contributed by atoms with Crippen molar-refractivity contribution < 1.29 is 28.0 Å². The van der Waals surface area contributed by atoms with Gasteiger partial charge in [-0.1, -0.05) is 12.1 Å². The molecular weight excluding hydrogens is 366 g/mol. The molecule has 9 heteroatoms. The number of fused-ring (bicyclic) bond motifs is 1. The molecule has 2 amide bonds. The monoisotopic (exact) mass is 381 g/mol. The number of nitrogens with zero attached hydrogens (tertiary/aromatic N) is 1. The van der Waals surface area contributed by atoms with Crippen LogP contribution in [0.25, 0.3) is 11.0 Å². The van der Waals surface area contributed by atoms with E-state index in [2.05, 4.69) is 10.6 Å². The van der Waals surface area contributed by atoms with Crippen LogP contribution in [0, 0.1) is 11.3 Å². The third-order valence-corrected chi connectivity index (χ3v) is 3.75. The van der Waals surface area contributed by atoms with Crippen LogP contribution in [0.4, 0.5) is 5.69 Å². The molecule has 0 spiro atoms. The molecule has 142 valence electrons. The molecule has 0 aliphatic heterocycles. The number of ether oxygens (including phenoxy) is 1. The fraction of sp³-hybridized carbons (Fsp3) is 0.158. The van der Waals surface area contributed by atoms with E-state index in [0.717, 1.165) is 0 Å². The second-order valence-electron chi connectivity index (χ2n) is 5.74. The quantitative estimate of drug-likeness (QED) is 0.625. The molecule has 0 saturated carbocycles. The van der Waals surface area contributed by atoms with Crippen molar-refractivity contribution in [1.82, 2.24) is 5.32 Å². The summed E-state index contributed by atoms with van der Waals surface area (Å²) in [4.78, 5) is 35.9. The first kappa shape index (κ1) is 18.7. The number of carbonyl (C=O) groups is 3. The zero-order valence-electron chi connectivity index (χ0n) is 14.7. The van der Waals surface area contributed by atoms with Crippen molar-refractivity contribution in [3.8, 4) is 6.07 Å². The third kappa shape index (κ3) is 4.02. The largest absolute Gasteiger partial charge is 0.459 e. The Balaban J connectivity index is 1.56. The molecule has 0 aliphatic rings. The summed E-state index contributed by atoms with van der Waals surface area (Å²) in [5.41, 5.74) is 0.652. The van der Waals surface area contributed by atoms with Crippen LogP contribution in [0.1, 0.15) is 23.2 Å². The van der Waals surface area contributed by atoms with Gasteiger partial charge in [0, 0.05) is 5.39 Å². The van der Waals surface area contributed by atoms with Crippen molar-refractivity contribution in [3.63, 3.8) is 0 Å². The fourth-order valence-corrected chi connectivity index (χ4v) is 2.42. The highest BCUT2D eigenvalue weighted by Gasteiger charge is 2.21. The molecule has 2 heterocycles. The number of nitriles is 1. The first-order chi connectivity index (χ1) is 13.5. The molecular formula is C19H15N3O6. The van der Waals surface area contributed by atoms with E-state index in [9.17, 15) is 14.4 Å². The molecule has 3 rings (SSSR count). The minimum atomic E-state index is -0.991. The van der Waals surface area contributed by atoms with Gasteiger partial charge in [-0.15, -0.1) is 0 Å². The Morgan fingerprint density at radius 2 is 2.00 bits per heavy atom. The number of rotatable bonds is 6. The molecule has 9 nitrogen and oxygen atoms in total. The van der Waals surface area contributed by atoms with Gasteiger partial charge in [0.05, 0.1) is 6.26 Å². The number of nitrogens with one attached hydrogen (secondary N) is 2. The lowest BCUT2D eigenvalue weighted by atomic mass is 10.2. The van der Waals surface area contributed by atoms with Crippen molar-refractivity contribution in [2.75, 3.05) is 11.9 Å². The van der Waals surface area contributed by atoms with Crippen LogP contribution >= 0.6 is 0 Å². The summed E-state index contributed by atoms with van der Waals surface area (Å²) in [6.07, 6.45) is 1.33. The number of hydrogen-bond donors (Lipinski definition) is 2. The maximum absolute atomic E-state index is 12.1. The highest BCUT2D eigenvalue weighted by atomic mass is 16.5. The zero-order valence-corrected chi connectivity index (χ0v) is 14.7. The smallest absolute Gasteiger partial charge is 0.328 e. The first-order valence-electron chi connectivity index (χ1n) is 8.22. The van der Waals surface area contributed by atoms with E-state index in [4.69, 9.17) is 18.8 Å². The lowest BCUT2D eigenvalue weighted by molar-refractivity contribution is -0.148. The molecule has 0 bridgehead atoms. The van der Waals surface area contributed by atoms with Gasteiger partial charge in [-0.25, -0.2) is 4.79 Å². The normalized spacial score (nSPS) is 11.4. The Kier molecular flexibility index (Phi) is 5.41. The van der Waals surface area contributed by atoms with Crippen LogP contribution in [0.3, 0.4) is 0 Å². The van der Waals surface area contributed by atoms with Gasteiger partial charge in [-0.2, -0.15) is 5.26 Å². The summed E-state index contributed by atoms with van der Waals surface area (Å²) in [5, 5.41) is 14.6. The highest BCUT2D eigenvalue weighted by molar-refractivity contribution is 6.03. The molecule has 0 aliphatic carbocycles. The van der Waals surface area contributed by atoms with Crippen LogP contribution in [0.2, 0.25) is 0 Å². The molecule has 3 aromatic rings. The summed E-state index contributed by atoms with van der Waals surface area (Å²) in [6.45, 7) is 0.822. The van der Waals surface area contributed by atoms with Crippen LogP contribution in [0.5, 0.6) is 0 Å². The van der Waals surface area contributed by atoms with Gasteiger partial charge < -0.3 is 24.2 Å². The van der Waals surface area contributed by atoms with E-state index < -0.39 is 30.4 Å². The Morgan fingerprint density at radius 1 is 1.21 bits per heavy atom. The predicted molar refractivity (Wildman–Crippen MR) is 96.2 cm³/mol. The van der Waals surface area contributed by atoms with E-state index in [1.165, 1.54) is 25.3 Å². The summed E-state index contributed by atoms with van der Waals surface area (Å²) >= 11 is 0. The van der Waals surface area contributed by atoms with Crippen molar-refractivity contribution in [1.29, 1.82) is 5.26 Å². The number of amides is 2. The van der Waals surface area contributed by atoms with Crippen LogP contribution in [-0.2, 0) is 14.3 Å². The number of furan rings is 2. The molecule has 1 atom stereocenters. The predicted octanol–water partition coefficient (Wildman–Crippen LogP) is 2.20. The van der Waals surface area contributed by atoms with E-state index in [0.29, 0.717) is 11.0 Å². The average molecular weight is 381 g/mol. The number of hydrogen-bond acceptors (Lipinski definition) is 7. The summed E-state index contributed by atoms with van der Waals surface area (Å²) < 4.78 is 15.2. The summed E-state index contributed by atoms with van der Waals surface area (Å²) in [7, 11) is 0. The maximum atomic E-state index is 12.1. The molecule has 2 N–H and O–H groups in total. The number of esters is 1. The van der Waals surface area contributed by atoms with Gasteiger partial charge in [0.2, 0.25) is 5.76 Å². The molecule has 1 aromatic carbocycles. The minimum absolute atomic E-state index is 0.0493. The van der Waals surface area contributed by atoms with E-state index >= 15 is 0 Å². The number of carbonyl (C=O) groups excluding carboxylic acids is 3. The van der Waals surface area contributed by atoms with Crippen molar-refractivity contribution in [2.24, 2.45) is 0 Å². The van der Waals surface area contributed by atoms with E-state index in [1.54, 1.807) is 24.3 Å². The SMILES string of the molecule is CC(NC(=O)c1ccco1)C(=O)OCC(=O)Nc1c(C#N)oc2ccccc12. The van der Waals surface area contributed by atoms with Crippen molar-refractivity contribution >= 4 is 34.4 Å². The number of anilines is 1. The van der Waals surface area contributed by atoms with Gasteiger partial charge >= 0.3 is 5.97 Å². The van der Waals surface area contributed by atoms with E-state index in [1.807, 2.05) is 6.07 Å². The van der Waals surface area contributed by atoms with Crippen LogP contribution < -0.4 is 10.6 Å². The number of para-hydroxylation sites is 1. The van der Waals surface area contributed by atoms with Crippen LogP contribution in [-0.4, -0.2) is 30.4 Å². The van der Waals surface area contributed by atoms with Gasteiger partial charge in [0.1, 0.15) is 23.4 Å². The summed E-state index contributed by atoms with van der Waals surface area (Å²) in [6, 6.07) is 10.7. The van der Waals surface area contributed by atoms with Gasteiger partial charge in [-0.05, 0) is 31.2 Å². The molecule has 28 heavy (non-hydrogen) atoms. The van der Waals surface area contributed by atoms with Gasteiger partial charge in [-0.3, -0.25) is 9.59 Å². The second-order valence-corrected chi connectivity index (χ2v) is 5.74. The molecule has 0 radical (unpaired) electrons. The molecule has 2 aromatic heterocycles. The Morgan fingerprint density at radius 3 is 2.71 bits per heavy atom. The van der Waals surface area contributed by atoms with Crippen LogP contribution in [0.15, 0.2) is 51.5 Å². The lowest BCUT2D eigenvalue weighted by Crippen LogP contribution is -2.40. The fourth-order valence-electron chi connectivity index (χ4n) is 2.42. The molecule has 1 unspecified atom stereocenters. The highest BCUT2D eigenvalue weighted by Crippen LogP contribution is 2.30.